The van der Waals surface area contributed by atoms with Crippen molar-refractivity contribution in [3.05, 3.63) is 122 Å². The number of aliphatic hydroxyl groups is 5. The number of esters is 1. The highest BCUT2D eigenvalue weighted by Crippen LogP contribution is 2.26. The summed E-state index contributed by atoms with van der Waals surface area (Å²) in [5, 5.41) is 57.2. The van der Waals surface area contributed by atoms with Gasteiger partial charge in [-0.2, -0.15) is 0 Å². The Morgan fingerprint density at radius 1 is 0.471 bits per heavy atom. The molecule has 0 radical (unpaired) electrons. The zero-order chi connectivity index (χ0) is 61.7. The third-order valence-corrected chi connectivity index (χ3v) is 15.3. The average Bonchev–Trinajstić information content (AvgIpc) is 3.22. The molecule has 0 aromatic rings. The molecule has 0 saturated carbocycles. The molecule has 1 rings (SSSR count). The second kappa shape index (κ2) is 60.3. The van der Waals surface area contributed by atoms with Crippen LogP contribution in [0.2, 0.25) is 0 Å². The maximum Gasteiger partial charge on any atom is 0.306 e. The van der Waals surface area contributed by atoms with Crippen molar-refractivity contribution >= 4 is 11.9 Å². The summed E-state index contributed by atoms with van der Waals surface area (Å²) >= 11 is 0. The summed E-state index contributed by atoms with van der Waals surface area (Å²) in [5.74, 6) is -1.23. The van der Waals surface area contributed by atoms with Crippen LogP contribution in [0, 0.1) is 0 Å². The van der Waals surface area contributed by atoms with E-state index in [-0.39, 0.29) is 19.4 Å². The lowest BCUT2D eigenvalue weighted by Crippen LogP contribution is -2.61. The van der Waals surface area contributed by atoms with Gasteiger partial charge in [0.2, 0.25) is 5.91 Å². The van der Waals surface area contributed by atoms with Crippen LogP contribution < -0.4 is 5.32 Å². The van der Waals surface area contributed by atoms with Crippen LogP contribution >= 0.6 is 0 Å². The number of carbonyl (C=O) groups is 2. The van der Waals surface area contributed by atoms with Gasteiger partial charge in [-0.05, 0) is 116 Å². The second-order valence-electron chi connectivity index (χ2n) is 23.2. The number of carbonyl (C=O) groups excluding carboxylic acids is 2. The largest absolute Gasteiger partial charge is 0.454 e. The van der Waals surface area contributed by atoms with Crippen LogP contribution in [0.15, 0.2) is 122 Å². The molecule has 6 N–H and O–H groups in total. The summed E-state index contributed by atoms with van der Waals surface area (Å²) in [5.41, 5.74) is 0. The fourth-order valence-electron chi connectivity index (χ4n) is 9.96. The molecule has 8 atom stereocenters. The first kappa shape index (κ1) is 79.1. The zero-order valence-corrected chi connectivity index (χ0v) is 53.9. The third-order valence-electron chi connectivity index (χ3n) is 15.3. The van der Waals surface area contributed by atoms with Crippen LogP contribution in [-0.4, -0.2) is 99.6 Å². The Bertz CT molecular complexity index is 1850. The average molecular weight is 1190 g/mol. The van der Waals surface area contributed by atoms with Crippen molar-refractivity contribution in [1.82, 2.24) is 5.32 Å². The first-order valence-electron chi connectivity index (χ1n) is 34.3. The lowest BCUT2D eigenvalue weighted by atomic mass is 9.99. The number of unbranched alkanes of at least 4 members (excludes halogenated alkanes) is 25. The van der Waals surface area contributed by atoms with Crippen molar-refractivity contribution in [3.63, 3.8) is 0 Å². The summed E-state index contributed by atoms with van der Waals surface area (Å²) in [6.07, 6.45) is 73.7. The molecule has 8 unspecified atom stereocenters. The normalized spacial score (nSPS) is 19.2. The summed E-state index contributed by atoms with van der Waals surface area (Å²) in [6.45, 7) is 5.64. The van der Waals surface area contributed by atoms with Crippen molar-refractivity contribution in [2.75, 3.05) is 13.2 Å². The molecule has 1 fully saturated rings. The van der Waals surface area contributed by atoms with E-state index in [9.17, 15) is 35.1 Å². The number of ether oxygens (including phenoxy) is 3. The minimum atomic E-state index is -1.63. The Balaban J connectivity index is 2.64. The van der Waals surface area contributed by atoms with Crippen LogP contribution in [0.1, 0.15) is 271 Å². The number of amides is 1. The molecule has 1 heterocycles. The fraction of sp³-hybridized carbons (Fsp3) is 0.703. The Kier molecular flexibility index (Phi) is 56.1. The SMILES string of the molecule is CC/C=C\C/C=C\C/C=C\C/C=C\C/C=C\C/C=C\CCCCCCCCCC(O)C(=O)NC(COC1OC(CO)C(O)C(O)C1OC(=O)CCCCCC/C=C\C/C=C\C/C=C\CCCCC)C(O)/C=C/CCCCCCCCCCCCC. The fourth-order valence-corrected chi connectivity index (χ4v) is 9.96. The number of aliphatic hydroxyl groups excluding tert-OH is 5. The predicted octanol–water partition coefficient (Wildman–Crippen LogP) is 17.4. The van der Waals surface area contributed by atoms with Gasteiger partial charge in [0, 0.05) is 6.42 Å². The molecule has 0 aromatic carbocycles. The van der Waals surface area contributed by atoms with E-state index < -0.39 is 67.4 Å². The van der Waals surface area contributed by atoms with Crippen LogP contribution in [0.4, 0.5) is 0 Å². The van der Waals surface area contributed by atoms with E-state index in [0.29, 0.717) is 12.8 Å². The van der Waals surface area contributed by atoms with E-state index >= 15 is 0 Å². The van der Waals surface area contributed by atoms with Crippen molar-refractivity contribution < 1.29 is 49.3 Å². The first-order valence-corrected chi connectivity index (χ1v) is 34.3. The molecule has 0 aliphatic carbocycles. The lowest BCUT2D eigenvalue weighted by Gasteiger charge is -2.41. The molecule has 85 heavy (non-hydrogen) atoms. The molecular formula is C74H125NO10. The molecule has 1 saturated heterocycles. The molecule has 0 spiro atoms. The Hall–Kier alpha value is -3.94. The molecule has 11 heteroatoms. The maximum absolute atomic E-state index is 13.5. The van der Waals surface area contributed by atoms with E-state index in [1.54, 1.807) is 6.08 Å². The third kappa shape index (κ3) is 47.8. The quantitative estimate of drug-likeness (QED) is 0.0195. The topological polar surface area (TPSA) is 175 Å². The van der Waals surface area contributed by atoms with Gasteiger partial charge in [0.1, 0.15) is 24.4 Å². The number of rotatable bonds is 57. The van der Waals surface area contributed by atoms with E-state index in [0.717, 1.165) is 141 Å². The predicted molar refractivity (Wildman–Crippen MR) is 356 cm³/mol. The van der Waals surface area contributed by atoms with Gasteiger partial charge in [-0.1, -0.05) is 271 Å². The van der Waals surface area contributed by atoms with Gasteiger partial charge < -0.3 is 45.1 Å². The highest BCUT2D eigenvalue weighted by Gasteiger charge is 2.47. The van der Waals surface area contributed by atoms with E-state index in [2.05, 4.69) is 135 Å². The number of hydrogen-bond donors (Lipinski definition) is 6. The van der Waals surface area contributed by atoms with Crippen LogP contribution in [-0.2, 0) is 23.8 Å². The van der Waals surface area contributed by atoms with Crippen molar-refractivity contribution in [1.29, 1.82) is 0 Å². The Morgan fingerprint density at radius 3 is 1.29 bits per heavy atom. The lowest BCUT2D eigenvalue weighted by molar-refractivity contribution is -0.305. The second-order valence-corrected chi connectivity index (χ2v) is 23.2. The van der Waals surface area contributed by atoms with Crippen LogP contribution in [0.25, 0.3) is 0 Å². The molecule has 1 aliphatic heterocycles. The summed E-state index contributed by atoms with van der Waals surface area (Å²) in [6, 6.07) is -1.04. The zero-order valence-electron chi connectivity index (χ0n) is 53.9. The van der Waals surface area contributed by atoms with Gasteiger partial charge in [-0.15, -0.1) is 0 Å². The van der Waals surface area contributed by atoms with Gasteiger partial charge in [0.15, 0.2) is 12.4 Å². The minimum absolute atomic E-state index is 0.0914. The van der Waals surface area contributed by atoms with Gasteiger partial charge in [-0.25, -0.2) is 0 Å². The number of allylic oxidation sites excluding steroid dienone is 19. The van der Waals surface area contributed by atoms with E-state index in [4.69, 9.17) is 14.2 Å². The van der Waals surface area contributed by atoms with Crippen molar-refractivity contribution in [2.24, 2.45) is 0 Å². The summed E-state index contributed by atoms with van der Waals surface area (Å²) in [7, 11) is 0. The minimum Gasteiger partial charge on any atom is -0.454 e. The highest BCUT2D eigenvalue weighted by molar-refractivity contribution is 5.80. The van der Waals surface area contributed by atoms with Gasteiger partial charge >= 0.3 is 5.97 Å². The molecule has 486 valence electrons. The molecule has 1 amide bonds. The van der Waals surface area contributed by atoms with Crippen LogP contribution in [0.5, 0.6) is 0 Å². The summed E-state index contributed by atoms with van der Waals surface area (Å²) in [4.78, 5) is 26.6. The van der Waals surface area contributed by atoms with E-state index in [1.165, 1.54) is 83.5 Å². The highest BCUT2D eigenvalue weighted by atomic mass is 16.7. The molecule has 1 aliphatic rings. The molecule has 11 nitrogen and oxygen atoms in total. The number of nitrogens with one attached hydrogen (secondary N) is 1. The van der Waals surface area contributed by atoms with Gasteiger partial charge in [0.25, 0.3) is 0 Å². The van der Waals surface area contributed by atoms with Crippen LogP contribution in [0.3, 0.4) is 0 Å². The van der Waals surface area contributed by atoms with Crippen molar-refractivity contribution in [2.45, 2.75) is 320 Å². The van der Waals surface area contributed by atoms with Gasteiger partial charge in [0.05, 0.1) is 25.4 Å². The molecule has 0 bridgehead atoms. The standard InChI is InChI=1S/C74H125NO10/c1-4-7-10-13-16-19-22-25-27-29-30-31-32-33-34-35-36-37-39-40-43-46-49-52-55-58-61-67(78)73(82)75-65(66(77)60-57-54-51-48-45-42-24-21-18-15-12-9-6-3)64-83-74-72(71(81)70(80)68(63-76)84-74)85-69(79)62-59-56-53-50-47-44-41-38-28-26-23-20-17-14-11-8-5-2/h7,10,16-17,19-20,25-28,30-31,33-34,36-37,41,44,57,60,65-68,70-72,74,76-78,80-81H,4-6,8-9,11-15,18,21-24,29,32,35,38-40,42-43,45-56,58-59,61-64H2,1-3H3,(H,75,82)/b10-7-,19-16-,20-17-,27-25-,28-26-,31-30-,34-33-,37-36-,44-41-,60-57+. The summed E-state index contributed by atoms with van der Waals surface area (Å²) < 4.78 is 17.6. The number of hydrogen-bond acceptors (Lipinski definition) is 10. The monoisotopic (exact) mass is 1190 g/mol. The van der Waals surface area contributed by atoms with Crippen molar-refractivity contribution in [3.8, 4) is 0 Å². The maximum atomic E-state index is 13.5. The van der Waals surface area contributed by atoms with E-state index in [1.807, 2.05) is 6.08 Å². The first-order chi connectivity index (χ1) is 41.7. The molecule has 0 aromatic heterocycles. The molecular weight excluding hydrogens is 1060 g/mol. The Morgan fingerprint density at radius 2 is 0.847 bits per heavy atom. The van der Waals surface area contributed by atoms with Gasteiger partial charge in [-0.3, -0.25) is 9.59 Å². The smallest absolute Gasteiger partial charge is 0.306 e. The Labute approximate surface area is 519 Å².